The molecule has 0 unspecified atom stereocenters. The van der Waals surface area contributed by atoms with E-state index < -0.39 is 0 Å². The fourth-order valence-corrected chi connectivity index (χ4v) is 0. The van der Waals surface area contributed by atoms with Gasteiger partial charge >= 0.3 is 0 Å². The molecule has 0 radical (unpaired) electrons. The van der Waals surface area contributed by atoms with Gasteiger partial charge in [-0.1, -0.05) is 6.58 Å². The topological polar surface area (TPSA) is 70.7 Å². The lowest BCUT2D eigenvalue weighted by atomic mass is 11.0. The number of hydrogen-bond acceptors (Lipinski definition) is 4. The summed E-state index contributed by atoms with van der Waals surface area (Å²) in [6.45, 7) is 6.25. The number of aliphatic imine (C=N–C) groups is 1. The fourth-order valence-electron chi connectivity index (χ4n) is 0. The summed E-state index contributed by atoms with van der Waals surface area (Å²) in [4.78, 5) is 14.3. The minimum Gasteiger partial charge on any atom is -0.405 e. The van der Waals surface area contributed by atoms with Crippen LogP contribution < -0.4 is 11.1 Å². The average molecular weight is 204 g/mol. The first-order chi connectivity index (χ1) is 6.47. The van der Waals surface area contributed by atoms with Crippen molar-refractivity contribution in [1.29, 1.82) is 0 Å². The molecule has 0 spiro atoms. The van der Waals surface area contributed by atoms with E-state index in [2.05, 4.69) is 29.3 Å². The maximum Gasteiger partial charge on any atom is 0.206 e. The minimum absolute atomic E-state index is 0.625. The van der Waals surface area contributed by atoms with Crippen molar-refractivity contribution < 1.29 is 4.79 Å². The van der Waals surface area contributed by atoms with Crippen molar-refractivity contribution in [2.24, 2.45) is 10.7 Å². The van der Waals surface area contributed by atoms with Crippen molar-refractivity contribution >= 4 is 13.1 Å². The van der Waals surface area contributed by atoms with Crippen LogP contribution in [0.4, 0.5) is 0 Å². The molecule has 3 N–H and O–H groups in total. The molecule has 5 nitrogen and oxygen atoms in total. The van der Waals surface area contributed by atoms with Crippen molar-refractivity contribution in [3.8, 4) is 0 Å². The second-order valence-corrected chi connectivity index (χ2v) is 2.30. The molecular weight excluding hydrogens is 180 g/mol. The van der Waals surface area contributed by atoms with Gasteiger partial charge in [-0.2, -0.15) is 0 Å². The first kappa shape index (κ1) is 22.9. The minimum atomic E-state index is 0.625. The Hall–Kier alpha value is -1.36. The molecule has 0 fully saturated rings. The number of nitrogens with one attached hydrogen (secondary N) is 1. The molecule has 0 saturated heterocycles. The highest BCUT2D eigenvalue weighted by Crippen LogP contribution is 1.47. The molecule has 0 aromatic carbocycles. The van der Waals surface area contributed by atoms with Crippen LogP contribution in [0.2, 0.25) is 0 Å². The van der Waals surface area contributed by atoms with Crippen LogP contribution in [-0.4, -0.2) is 53.3 Å². The smallest absolute Gasteiger partial charge is 0.206 e. The van der Waals surface area contributed by atoms with E-state index in [-0.39, 0.29) is 0 Å². The largest absolute Gasteiger partial charge is 0.405 e. The number of carbonyl (C=O) groups is 1. The summed E-state index contributed by atoms with van der Waals surface area (Å²) in [7, 11) is 9.20. The number of amides is 1. The Labute approximate surface area is 87.7 Å². The van der Waals surface area contributed by atoms with E-state index in [1.807, 2.05) is 26.0 Å². The van der Waals surface area contributed by atoms with Crippen molar-refractivity contribution in [3.63, 3.8) is 0 Å². The Kier molecular flexibility index (Phi) is 67.9. The molecule has 5 heteroatoms. The zero-order valence-corrected chi connectivity index (χ0v) is 9.95. The molecular formula is C9H24N4O. The molecule has 0 aromatic heterocycles. The van der Waals surface area contributed by atoms with Crippen molar-refractivity contribution in [3.05, 3.63) is 12.8 Å². The van der Waals surface area contributed by atoms with Gasteiger partial charge in [-0.05, 0) is 34.1 Å². The Morgan fingerprint density at radius 2 is 1.50 bits per heavy atom. The van der Waals surface area contributed by atoms with E-state index in [0.717, 1.165) is 0 Å². The highest BCUT2D eigenvalue weighted by atomic mass is 16.1. The SMILES string of the molecule is C=CN.C=NC.CN(C)C.CNC=O. The molecule has 0 aromatic rings. The van der Waals surface area contributed by atoms with Gasteiger partial charge in [0.2, 0.25) is 6.41 Å². The van der Waals surface area contributed by atoms with Crippen LogP contribution in [0.15, 0.2) is 17.8 Å². The normalized spacial score (nSPS) is 5.86. The summed E-state index contributed by atoms with van der Waals surface area (Å²) in [5, 5.41) is 2.25. The average Bonchev–Trinajstić information content (AvgIpc) is 2.06. The molecule has 0 rings (SSSR count). The van der Waals surface area contributed by atoms with Gasteiger partial charge in [-0.3, -0.25) is 4.79 Å². The standard InChI is InChI=1S/C3H9N.C2H5NO.2C2H5N/c1-4(2)3;1-3-2-4;1-3-2;1-2-3/h1-3H3;2H,1H3,(H,3,4);1H2,2H3;2H,1,3H2. The second kappa shape index (κ2) is 41.4. The third-order valence-electron chi connectivity index (χ3n) is 0.118. The van der Waals surface area contributed by atoms with Crippen LogP contribution in [0.1, 0.15) is 0 Å². The summed E-state index contributed by atoms with van der Waals surface area (Å²) in [5.41, 5.74) is 4.61. The van der Waals surface area contributed by atoms with E-state index in [9.17, 15) is 0 Å². The van der Waals surface area contributed by atoms with Crippen LogP contribution in [0, 0.1) is 0 Å². The molecule has 0 atom stereocenters. The molecule has 86 valence electrons. The second-order valence-electron chi connectivity index (χ2n) is 2.30. The molecule has 0 aliphatic carbocycles. The Bertz CT molecular complexity index is 96.2. The third-order valence-corrected chi connectivity index (χ3v) is 0.118. The predicted molar refractivity (Wildman–Crippen MR) is 64.6 cm³/mol. The lowest BCUT2D eigenvalue weighted by Crippen LogP contribution is -1.99. The zero-order valence-electron chi connectivity index (χ0n) is 9.95. The van der Waals surface area contributed by atoms with Gasteiger partial charge in [0.15, 0.2) is 0 Å². The maximum atomic E-state index is 9.06. The van der Waals surface area contributed by atoms with Gasteiger partial charge < -0.3 is 20.9 Å². The van der Waals surface area contributed by atoms with Crippen molar-refractivity contribution in [2.45, 2.75) is 0 Å². The van der Waals surface area contributed by atoms with Gasteiger partial charge in [-0.15, -0.1) is 0 Å². The van der Waals surface area contributed by atoms with E-state index in [4.69, 9.17) is 4.79 Å². The summed E-state index contributed by atoms with van der Waals surface area (Å²) >= 11 is 0. The third kappa shape index (κ3) is 7630. The summed E-state index contributed by atoms with van der Waals surface area (Å²) in [6, 6.07) is 0. The zero-order chi connectivity index (χ0) is 12.4. The van der Waals surface area contributed by atoms with Crippen LogP contribution >= 0.6 is 0 Å². The molecule has 0 saturated carbocycles. The number of nitrogens with zero attached hydrogens (tertiary/aromatic N) is 2. The van der Waals surface area contributed by atoms with Crippen molar-refractivity contribution in [1.82, 2.24) is 10.2 Å². The van der Waals surface area contributed by atoms with E-state index in [1.165, 1.54) is 6.20 Å². The van der Waals surface area contributed by atoms with Crippen LogP contribution in [0.5, 0.6) is 0 Å². The summed E-state index contributed by atoms with van der Waals surface area (Å²) < 4.78 is 0. The van der Waals surface area contributed by atoms with Crippen LogP contribution in [0.25, 0.3) is 0 Å². The molecule has 0 aliphatic heterocycles. The van der Waals surface area contributed by atoms with Crippen LogP contribution in [0.3, 0.4) is 0 Å². The van der Waals surface area contributed by atoms with E-state index in [0.29, 0.717) is 6.41 Å². The lowest BCUT2D eigenvalue weighted by Gasteiger charge is -1.90. The Balaban J connectivity index is -0.0000000482. The predicted octanol–water partition coefficient (Wildman–Crippen LogP) is -0.0546. The fraction of sp³-hybridized carbons (Fsp3) is 0.556. The molecule has 1 amide bonds. The lowest BCUT2D eigenvalue weighted by molar-refractivity contribution is -0.109. The summed E-state index contributed by atoms with van der Waals surface area (Å²) in [5.74, 6) is 0. The first-order valence-electron chi connectivity index (χ1n) is 3.87. The van der Waals surface area contributed by atoms with Gasteiger partial charge in [0.1, 0.15) is 0 Å². The Morgan fingerprint density at radius 1 is 1.43 bits per heavy atom. The molecule has 0 aliphatic rings. The molecule has 14 heavy (non-hydrogen) atoms. The van der Waals surface area contributed by atoms with Gasteiger partial charge in [-0.25, -0.2) is 0 Å². The number of carbonyl (C=O) groups excluding carboxylic acids is 1. The molecule has 0 bridgehead atoms. The van der Waals surface area contributed by atoms with Gasteiger partial charge in [0, 0.05) is 14.1 Å². The Morgan fingerprint density at radius 3 is 1.50 bits per heavy atom. The first-order valence-corrected chi connectivity index (χ1v) is 3.87. The maximum absolute atomic E-state index is 9.06. The van der Waals surface area contributed by atoms with Crippen LogP contribution in [-0.2, 0) is 4.79 Å². The highest BCUT2D eigenvalue weighted by Gasteiger charge is 1.58. The van der Waals surface area contributed by atoms with Crippen molar-refractivity contribution in [2.75, 3.05) is 35.2 Å². The quantitative estimate of drug-likeness (QED) is 0.464. The number of rotatable bonds is 1. The van der Waals surface area contributed by atoms with Gasteiger partial charge in [0.25, 0.3) is 0 Å². The van der Waals surface area contributed by atoms with Gasteiger partial charge in [0.05, 0.1) is 0 Å². The highest BCUT2D eigenvalue weighted by molar-refractivity contribution is 5.44. The monoisotopic (exact) mass is 204 g/mol. The number of nitrogens with two attached hydrogens (primary N) is 1. The molecule has 0 heterocycles. The van der Waals surface area contributed by atoms with E-state index in [1.54, 1.807) is 14.1 Å². The summed E-state index contributed by atoms with van der Waals surface area (Å²) in [6.07, 6.45) is 1.88. The van der Waals surface area contributed by atoms with E-state index >= 15 is 0 Å². The number of hydrogen-bond donors (Lipinski definition) is 2.